The van der Waals surface area contributed by atoms with Gasteiger partial charge in [-0.25, -0.2) is 0 Å². The average Bonchev–Trinajstić information content (AvgIpc) is 2.52. The first-order valence-electron chi connectivity index (χ1n) is 7.79. The fourth-order valence-electron chi connectivity index (χ4n) is 2.90. The molecule has 1 unspecified atom stereocenters. The average molecular weight is 299 g/mol. The number of hydrogen-bond acceptors (Lipinski definition) is 4. The molecule has 1 fully saturated rings. The van der Waals surface area contributed by atoms with E-state index >= 15 is 0 Å². The number of carbonyl (C=O) groups excluding carboxylic acids is 1. The molecule has 21 heavy (non-hydrogen) atoms. The summed E-state index contributed by atoms with van der Waals surface area (Å²) >= 11 is 0. The van der Waals surface area contributed by atoms with Crippen LogP contribution in [0.1, 0.15) is 58.8 Å². The minimum Gasteiger partial charge on any atom is -0.409 e. The molecule has 1 rings (SSSR count). The summed E-state index contributed by atoms with van der Waals surface area (Å²) in [5, 5.41) is 15.2. The van der Waals surface area contributed by atoms with Gasteiger partial charge in [-0.2, -0.15) is 0 Å². The highest BCUT2D eigenvalue weighted by atomic mass is 16.5. The second-order valence-electron chi connectivity index (χ2n) is 6.05. The summed E-state index contributed by atoms with van der Waals surface area (Å²) in [5.74, 6) is 0.709. The van der Waals surface area contributed by atoms with Gasteiger partial charge in [0, 0.05) is 13.5 Å². The van der Waals surface area contributed by atoms with Gasteiger partial charge in [-0.15, -0.1) is 0 Å². The van der Waals surface area contributed by atoms with E-state index in [2.05, 4.69) is 17.4 Å². The first-order chi connectivity index (χ1) is 9.97. The predicted molar refractivity (Wildman–Crippen MR) is 82.2 cm³/mol. The molecule has 1 saturated carbocycles. The number of carbonyl (C=O) groups is 1. The van der Waals surface area contributed by atoms with Crippen LogP contribution in [-0.4, -0.2) is 35.7 Å². The van der Waals surface area contributed by atoms with Crippen molar-refractivity contribution in [3.8, 4) is 0 Å². The number of amidine groups is 1. The molecule has 0 aromatic carbocycles. The van der Waals surface area contributed by atoms with Crippen LogP contribution < -0.4 is 11.1 Å². The number of methoxy groups -OCH3 is 1. The summed E-state index contributed by atoms with van der Waals surface area (Å²) < 4.78 is 5.14. The molecule has 6 heteroatoms. The van der Waals surface area contributed by atoms with Gasteiger partial charge in [-0.05, 0) is 44.9 Å². The van der Waals surface area contributed by atoms with Gasteiger partial charge in [0.15, 0.2) is 5.84 Å². The Balaban J connectivity index is 2.65. The topological polar surface area (TPSA) is 96.9 Å². The third-order valence-electron chi connectivity index (χ3n) is 4.69. The third kappa shape index (κ3) is 4.88. The van der Waals surface area contributed by atoms with Crippen LogP contribution in [0.15, 0.2) is 5.16 Å². The maximum absolute atomic E-state index is 12.1. The minimum atomic E-state index is -0.687. The van der Waals surface area contributed by atoms with Crippen molar-refractivity contribution in [3.05, 3.63) is 0 Å². The maximum atomic E-state index is 12.1. The van der Waals surface area contributed by atoms with Crippen LogP contribution in [0.25, 0.3) is 0 Å². The van der Waals surface area contributed by atoms with E-state index in [-0.39, 0.29) is 17.8 Å². The lowest BCUT2D eigenvalue weighted by atomic mass is 9.75. The van der Waals surface area contributed by atoms with Crippen molar-refractivity contribution < 1.29 is 14.7 Å². The first-order valence-corrected chi connectivity index (χ1v) is 7.79. The number of nitrogens with two attached hydrogens (primary N) is 1. The summed E-state index contributed by atoms with van der Waals surface area (Å²) in [5.41, 5.74) is 5.17. The number of ether oxygens (including phenoxy) is 1. The van der Waals surface area contributed by atoms with Gasteiger partial charge in [0.05, 0.1) is 6.10 Å². The predicted octanol–water partition coefficient (Wildman–Crippen LogP) is 2.00. The van der Waals surface area contributed by atoms with Gasteiger partial charge in [0.2, 0.25) is 5.91 Å². The highest BCUT2D eigenvalue weighted by molar-refractivity contribution is 5.94. The Bertz CT molecular complexity index is 363. The molecule has 0 radical (unpaired) electrons. The molecular formula is C15H29N3O3. The van der Waals surface area contributed by atoms with Crippen LogP contribution >= 0.6 is 0 Å². The van der Waals surface area contributed by atoms with Gasteiger partial charge in [-0.1, -0.05) is 18.5 Å². The van der Waals surface area contributed by atoms with Crippen LogP contribution in [-0.2, 0) is 9.53 Å². The molecular weight excluding hydrogens is 270 g/mol. The van der Waals surface area contributed by atoms with E-state index < -0.39 is 5.54 Å². The van der Waals surface area contributed by atoms with E-state index in [1.807, 2.05) is 6.92 Å². The van der Waals surface area contributed by atoms with E-state index in [1.54, 1.807) is 7.11 Å². The molecule has 0 aromatic heterocycles. The van der Waals surface area contributed by atoms with Gasteiger partial charge in [0.25, 0.3) is 0 Å². The molecule has 1 aliphatic rings. The molecule has 0 aliphatic heterocycles. The molecule has 4 N–H and O–H groups in total. The van der Waals surface area contributed by atoms with Crippen LogP contribution in [0, 0.1) is 5.92 Å². The molecule has 0 spiro atoms. The number of rotatable bonds is 7. The minimum absolute atomic E-state index is 0.0476. The number of nitrogens with one attached hydrogen (secondary N) is 1. The fraction of sp³-hybridized carbons (Fsp3) is 0.867. The Morgan fingerprint density at radius 1 is 1.52 bits per heavy atom. The van der Waals surface area contributed by atoms with Gasteiger partial charge < -0.3 is 21.0 Å². The van der Waals surface area contributed by atoms with Crippen molar-refractivity contribution in [2.75, 3.05) is 7.11 Å². The Hall–Kier alpha value is -1.30. The van der Waals surface area contributed by atoms with Crippen molar-refractivity contribution in [1.82, 2.24) is 5.32 Å². The summed E-state index contributed by atoms with van der Waals surface area (Å²) in [6.07, 6.45) is 5.65. The lowest BCUT2D eigenvalue weighted by Gasteiger charge is -2.39. The lowest BCUT2D eigenvalue weighted by molar-refractivity contribution is -0.123. The van der Waals surface area contributed by atoms with E-state index in [0.29, 0.717) is 18.8 Å². The van der Waals surface area contributed by atoms with Crippen molar-refractivity contribution >= 4 is 11.7 Å². The van der Waals surface area contributed by atoms with E-state index in [0.717, 1.165) is 32.1 Å². The molecule has 0 heterocycles. The zero-order chi connectivity index (χ0) is 15.9. The molecule has 6 nitrogen and oxygen atoms in total. The fourth-order valence-corrected chi connectivity index (χ4v) is 2.90. The van der Waals surface area contributed by atoms with E-state index in [1.165, 1.54) is 0 Å². The second-order valence-corrected chi connectivity index (χ2v) is 6.05. The molecule has 1 amide bonds. The lowest BCUT2D eigenvalue weighted by Crippen LogP contribution is -2.59. The highest BCUT2D eigenvalue weighted by Crippen LogP contribution is 2.34. The standard InChI is InChI=1S/C15H29N3O3/c1-4-12-7-9-15(10-8-12,14(16)18-20)17-13(19)6-5-11(2)21-3/h11-12,20H,4-10H2,1-3H3,(H2,16,18)(H,17,19). The van der Waals surface area contributed by atoms with E-state index in [9.17, 15) is 4.79 Å². The number of hydrogen-bond donors (Lipinski definition) is 3. The summed E-state index contributed by atoms with van der Waals surface area (Å²) in [4.78, 5) is 12.1. The smallest absolute Gasteiger partial charge is 0.220 e. The maximum Gasteiger partial charge on any atom is 0.220 e. The molecule has 1 aliphatic carbocycles. The monoisotopic (exact) mass is 299 g/mol. The quantitative estimate of drug-likeness (QED) is 0.290. The third-order valence-corrected chi connectivity index (χ3v) is 4.69. The summed E-state index contributed by atoms with van der Waals surface area (Å²) in [6, 6.07) is 0. The Kier molecular flexibility index (Phi) is 6.95. The molecule has 0 saturated heterocycles. The summed E-state index contributed by atoms with van der Waals surface area (Å²) in [6.45, 7) is 4.10. The van der Waals surface area contributed by atoms with Crippen LogP contribution in [0.4, 0.5) is 0 Å². The van der Waals surface area contributed by atoms with Crippen LogP contribution in [0.3, 0.4) is 0 Å². The normalized spacial score (nSPS) is 28.1. The largest absolute Gasteiger partial charge is 0.409 e. The van der Waals surface area contributed by atoms with E-state index in [4.69, 9.17) is 15.7 Å². The SMILES string of the molecule is CCC1CCC(NC(=O)CCC(C)OC)(C(N)=NO)CC1. The van der Waals surface area contributed by atoms with Crippen LogP contribution in [0.5, 0.6) is 0 Å². The van der Waals surface area contributed by atoms with Crippen LogP contribution in [0.2, 0.25) is 0 Å². The van der Waals surface area contributed by atoms with Gasteiger partial charge in [-0.3, -0.25) is 4.79 Å². The zero-order valence-electron chi connectivity index (χ0n) is 13.4. The Morgan fingerprint density at radius 2 is 2.14 bits per heavy atom. The zero-order valence-corrected chi connectivity index (χ0v) is 13.4. The van der Waals surface area contributed by atoms with Crippen molar-refractivity contribution in [2.45, 2.75) is 70.4 Å². The molecule has 122 valence electrons. The molecule has 0 bridgehead atoms. The van der Waals surface area contributed by atoms with Crippen molar-refractivity contribution in [3.63, 3.8) is 0 Å². The first kappa shape index (κ1) is 17.8. The Labute approximate surface area is 127 Å². The van der Waals surface area contributed by atoms with Gasteiger partial charge >= 0.3 is 0 Å². The van der Waals surface area contributed by atoms with Crippen molar-refractivity contribution in [2.24, 2.45) is 16.8 Å². The Morgan fingerprint density at radius 3 is 2.62 bits per heavy atom. The highest BCUT2D eigenvalue weighted by Gasteiger charge is 2.40. The number of nitrogens with zero attached hydrogens (tertiary/aromatic N) is 1. The number of amides is 1. The summed E-state index contributed by atoms with van der Waals surface area (Å²) in [7, 11) is 1.63. The van der Waals surface area contributed by atoms with Crippen molar-refractivity contribution in [1.29, 1.82) is 0 Å². The number of oxime groups is 1. The second kappa shape index (κ2) is 8.22. The molecule has 1 atom stereocenters. The van der Waals surface area contributed by atoms with Gasteiger partial charge in [0.1, 0.15) is 5.54 Å². The molecule has 0 aromatic rings.